The Hall–Kier alpha value is -6.83. The zero-order chi connectivity index (χ0) is 36.3. The van der Waals surface area contributed by atoms with Crippen molar-refractivity contribution < 1.29 is 38.6 Å². The van der Waals surface area contributed by atoms with Crippen molar-refractivity contribution in [1.82, 2.24) is 49.5 Å². The van der Waals surface area contributed by atoms with Crippen molar-refractivity contribution in [3.63, 3.8) is 0 Å². The van der Waals surface area contributed by atoms with Gasteiger partial charge in [-0.2, -0.15) is 10.2 Å². The van der Waals surface area contributed by atoms with Gasteiger partial charge in [0.15, 0.2) is 28.8 Å². The van der Waals surface area contributed by atoms with Crippen LogP contribution in [0.2, 0.25) is 0 Å². The Morgan fingerprint density at radius 2 is 1.24 bits per heavy atom. The minimum atomic E-state index is -1.04. The number of hydrogen-bond acceptors (Lipinski definition) is 17. The molecule has 0 unspecified atom stereocenters. The summed E-state index contributed by atoms with van der Waals surface area (Å²) in [6.45, 7) is 4.75. The maximum atomic E-state index is 11.5. The number of nitrogens with two attached hydrogens (primary N) is 1. The summed E-state index contributed by atoms with van der Waals surface area (Å²) in [4.78, 5) is 76.8. The lowest BCUT2D eigenvalue weighted by Crippen LogP contribution is -2.17. The lowest BCUT2D eigenvalue weighted by Gasteiger charge is -2.03. The standard InChI is InChI=1S/C10H10N4O2.C9H8N4O2.C6H8O4.C4H6N4/c1-7-5-8(10(15)16-2)14(13-7)9-6-11-3-4-12-9;1-6-4-7(9(14)15)13(12-6)8-5-10-2-3-11-8;1-4(7)3-5(8)6(9)10-2;5-8-4-3-6-1-2-7-4/h3-6H,1-2H3;2-5H,1H3,(H,14,15);3H2,1-2H3;1-3H,5H2,(H,7,8). The number of esters is 2. The van der Waals surface area contributed by atoms with Gasteiger partial charge in [0.05, 0.1) is 50.6 Å². The Kier molecular flexibility index (Phi) is 15.4. The van der Waals surface area contributed by atoms with Gasteiger partial charge >= 0.3 is 17.9 Å². The number of carbonyl (C=O) groups excluding carboxylic acids is 4. The summed E-state index contributed by atoms with van der Waals surface area (Å²) in [6, 6.07) is 3.12. The number of aromatic nitrogens is 10. The van der Waals surface area contributed by atoms with E-state index >= 15 is 0 Å². The van der Waals surface area contributed by atoms with E-state index in [0.29, 0.717) is 34.5 Å². The maximum absolute atomic E-state index is 11.5. The number of aryl methyl sites for hydroxylation is 2. The number of hydrogen-bond donors (Lipinski definition) is 3. The fourth-order valence-corrected chi connectivity index (χ4v) is 3.34. The number of Topliss-reactive ketones (excluding diaryl/α,β-unsaturated/α-hetero) is 2. The molecule has 0 saturated heterocycles. The zero-order valence-electron chi connectivity index (χ0n) is 26.9. The molecule has 5 aromatic heterocycles. The van der Waals surface area contributed by atoms with Crippen molar-refractivity contribution in [1.29, 1.82) is 0 Å². The third-order valence-electron chi connectivity index (χ3n) is 5.34. The van der Waals surface area contributed by atoms with E-state index in [1.54, 1.807) is 44.7 Å². The number of anilines is 1. The predicted molar refractivity (Wildman–Crippen MR) is 168 cm³/mol. The molecule has 49 heavy (non-hydrogen) atoms. The molecule has 0 aliphatic rings. The molecule has 4 N–H and O–H groups in total. The Bertz CT molecular complexity index is 1830. The predicted octanol–water partition coefficient (Wildman–Crippen LogP) is 0.896. The van der Waals surface area contributed by atoms with Gasteiger partial charge in [0.1, 0.15) is 5.78 Å². The molecule has 0 fully saturated rings. The summed E-state index contributed by atoms with van der Waals surface area (Å²) >= 11 is 0. The van der Waals surface area contributed by atoms with Crippen LogP contribution in [-0.4, -0.2) is 98.3 Å². The van der Waals surface area contributed by atoms with Crippen molar-refractivity contribution in [2.24, 2.45) is 5.84 Å². The Morgan fingerprint density at radius 1 is 0.755 bits per heavy atom. The van der Waals surface area contributed by atoms with Crippen molar-refractivity contribution in [3.05, 3.63) is 90.7 Å². The highest BCUT2D eigenvalue weighted by molar-refractivity contribution is 6.36. The molecule has 5 aromatic rings. The molecule has 0 spiro atoms. The van der Waals surface area contributed by atoms with E-state index in [-0.39, 0.29) is 17.9 Å². The highest BCUT2D eigenvalue weighted by Gasteiger charge is 2.17. The van der Waals surface area contributed by atoms with Crippen molar-refractivity contribution >= 4 is 35.3 Å². The molecule has 0 atom stereocenters. The fraction of sp³-hybridized carbons (Fsp3) is 0.207. The molecule has 256 valence electrons. The van der Waals surface area contributed by atoms with E-state index in [2.05, 4.69) is 55.0 Å². The van der Waals surface area contributed by atoms with Crippen LogP contribution < -0.4 is 11.3 Å². The lowest BCUT2D eigenvalue weighted by molar-refractivity contribution is -0.152. The molecule has 0 radical (unpaired) electrons. The summed E-state index contributed by atoms with van der Waals surface area (Å²) in [7, 11) is 2.42. The number of carbonyl (C=O) groups is 5. The first-order valence-electron chi connectivity index (χ1n) is 13.7. The number of ketones is 2. The van der Waals surface area contributed by atoms with Crippen LogP contribution in [0.5, 0.6) is 0 Å². The van der Waals surface area contributed by atoms with E-state index in [1.807, 2.05) is 0 Å². The van der Waals surface area contributed by atoms with Crippen LogP contribution in [0.25, 0.3) is 11.6 Å². The number of nitrogen functional groups attached to an aromatic ring is 1. The Labute approximate surface area is 278 Å². The summed E-state index contributed by atoms with van der Waals surface area (Å²) in [5.41, 5.74) is 4.10. The number of methoxy groups -OCH3 is 2. The van der Waals surface area contributed by atoms with Gasteiger partial charge in [0, 0.05) is 37.2 Å². The van der Waals surface area contributed by atoms with Crippen LogP contribution in [0.4, 0.5) is 5.82 Å². The quantitative estimate of drug-likeness (QED) is 0.0676. The van der Waals surface area contributed by atoms with Crippen LogP contribution >= 0.6 is 0 Å². The molecule has 0 aromatic carbocycles. The average molecular weight is 677 g/mol. The van der Waals surface area contributed by atoms with Crippen LogP contribution in [0.15, 0.2) is 67.9 Å². The van der Waals surface area contributed by atoms with Gasteiger partial charge in [-0.05, 0) is 32.9 Å². The van der Waals surface area contributed by atoms with Gasteiger partial charge < -0.3 is 20.0 Å². The van der Waals surface area contributed by atoms with Crippen LogP contribution in [0, 0.1) is 13.8 Å². The van der Waals surface area contributed by atoms with Gasteiger partial charge in [-0.1, -0.05) is 0 Å². The number of ether oxygens (including phenoxy) is 2. The van der Waals surface area contributed by atoms with Crippen molar-refractivity contribution in [3.8, 4) is 11.6 Å². The molecule has 20 heteroatoms. The highest BCUT2D eigenvalue weighted by Crippen LogP contribution is 2.11. The molecule has 20 nitrogen and oxygen atoms in total. The Morgan fingerprint density at radius 3 is 1.61 bits per heavy atom. The summed E-state index contributed by atoms with van der Waals surface area (Å²) < 4.78 is 11.4. The SMILES string of the molecule is COC(=O)C(=O)CC(C)=O.COC(=O)c1cc(C)nn1-c1cnccn1.Cc1cc(C(=O)O)n(-c2cnccn2)n1.NNc1cnccn1. The van der Waals surface area contributed by atoms with E-state index in [1.165, 1.54) is 60.4 Å². The average Bonchev–Trinajstić information content (AvgIpc) is 3.72. The van der Waals surface area contributed by atoms with E-state index in [9.17, 15) is 24.0 Å². The summed E-state index contributed by atoms with van der Waals surface area (Å²) in [6.07, 6.45) is 13.4. The monoisotopic (exact) mass is 676 g/mol. The third-order valence-corrected chi connectivity index (χ3v) is 5.34. The van der Waals surface area contributed by atoms with Crippen molar-refractivity contribution in [2.75, 3.05) is 19.6 Å². The van der Waals surface area contributed by atoms with Gasteiger partial charge in [-0.25, -0.2) is 44.5 Å². The lowest BCUT2D eigenvalue weighted by atomic mass is 10.2. The third kappa shape index (κ3) is 12.5. The normalized spacial score (nSPS) is 9.59. The van der Waals surface area contributed by atoms with Gasteiger partial charge in [-0.15, -0.1) is 0 Å². The largest absolute Gasteiger partial charge is 0.477 e. The number of rotatable bonds is 8. The number of nitrogens with zero attached hydrogens (tertiary/aromatic N) is 10. The first-order chi connectivity index (χ1) is 23.4. The molecular weight excluding hydrogens is 644 g/mol. The van der Waals surface area contributed by atoms with Crippen LogP contribution in [-0.2, 0) is 23.9 Å². The second-order valence-corrected chi connectivity index (χ2v) is 9.12. The van der Waals surface area contributed by atoms with Crippen LogP contribution in [0.1, 0.15) is 45.7 Å². The summed E-state index contributed by atoms with van der Waals surface area (Å²) in [5, 5.41) is 17.1. The van der Waals surface area contributed by atoms with Crippen LogP contribution in [0.3, 0.4) is 0 Å². The summed E-state index contributed by atoms with van der Waals surface area (Å²) in [5.74, 6) is 2.86. The highest BCUT2D eigenvalue weighted by atomic mass is 16.5. The smallest absolute Gasteiger partial charge is 0.374 e. The first kappa shape index (κ1) is 38.4. The number of aromatic carboxylic acids is 1. The van der Waals surface area contributed by atoms with E-state index in [4.69, 9.17) is 10.9 Å². The first-order valence-corrected chi connectivity index (χ1v) is 13.7. The second-order valence-electron chi connectivity index (χ2n) is 9.12. The van der Waals surface area contributed by atoms with Crippen molar-refractivity contribution in [2.45, 2.75) is 27.2 Å². The number of hydrazine groups is 1. The van der Waals surface area contributed by atoms with E-state index < -0.39 is 23.7 Å². The molecule has 0 aliphatic carbocycles. The number of nitrogens with one attached hydrogen (secondary N) is 1. The maximum Gasteiger partial charge on any atom is 0.374 e. The molecule has 0 amide bonds. The van der Waals surface area contributed by atoms with E-state index in [0.717, 1.165) is 7.11 Å². The molecule has 0 saturated carbocycles. The molecule has 5 heterocycles. The molecular formula is C29H32N12O8. The molecule has 0 bridgehead atoms. The minimum absolute atomic E-state index is 0.0769. The Balaban J connectivity index is 0.000000235. The second kappa shape index (κ2) is 19.6. The van der Waals surface area contributed by atoms with Gasteiger partial charge in [0.2, 0.25) is 5.78 Å². The zero-order valence-corrected chi connectivity index (χ0v) is 26.9. The van der Waals surface area contributed by atoms with Gasteiger partial charge in [0.25, 0.3) is 0 Å². The number of carboxylic acid groups (broad SMARTS) is 1. The number of carboxylic acids is 1. The van der Waals surface area contributed by atoms with Gasteiger partial charge in [-0.3, -0.25) is 24.5 Å². The fourth-order valence-electron chi connectivity index (χ4n) is 3.34. The molecule has 5 rings (SSSR count). The molecule has 0 aliphatic heterocycles. The minimum Gasteiger partial charge on any atom is -0.477 e. The topological polar surface area (TPSA) is 275 Å².